The van der Waals surface area contributed by atoms with Crippen LogP contribution in [-0.2, 0) is 4.79 Å². The fraction of sp³-hybridized carbons (Fsp3) is 0.200. The number of rotatable bonds is 7. The molecule has 2 aliphatic rings. The summed E-state index contributed by atoms with van der Waals surface area (Å²) < 4.78 is 5.89. The number of para-hydroxylation sites is 1. The third-order valence-electron chi connectivity index (χ3n) is 7.12. The van der Waals surface area contributed by atoms with Gasteiger partial charge in [-0.2, -0.15) is 0 Å². The maximum absolute atomic E-state index is 13.4. The molecule has 9 nitrogen and oxygen atoms in total. The first-order valence-corrected chi connectivity index (χ1v) is 13.9. The van der Waals surface area contributed by atoms with Gasteiger partial charge in [0, 0.05) is 18.3 Å². The van der Waals surface area contributed by atoms with E-state index in [0.717, 1.165) is 36.8 Å². The molecule has 4 amide bonds. The fourth-order valence-corrected chi connectivity index (χ4v) is 6.20. The topological polar surface area (TPSA) is 113 Å². The van der Waals surface area contributed by atoms with Crippen molar-refractivity contribution in [2.75, 3.05) is 10.2 Å². The maximum Gasteiger partial charge on any atom is 0.331 e. The molecule has 0 spiro atoms. The van der Waals surface area contributed by atoms with Crippen molar-refractivity contribution in [2.24, 2.45) is 0 Å². The summed E-state index contributed by atoms with van der Waals surface area (Å²) in [5, 5.41) is 9.71. The Hall–Kier alpha value is -4.70. The molecule has 6 rings (SSSR count). The summed E-state index contributed by atoms with van der Waals surface area (Å²) in [4.78, 5) is 45.5. The van der Waals surface area contributed by atoms with Gasteiger partial charge in [-0.15, -0.1) is 11.3 Å². The van der Waals surface area contributed by atoms with Crippen molar-refractivity contribution in [3.63, 3.8) is 0 Å². The van der Waals surface area contributed by atoms with Crippen molar-refractivity contribution in [3.8, 4) is 11.5 Å². The molecule has 202 valence electrons. The molecule has 1 saturated carbocycles. The fourth-order valence-electron chi connectivity index (χ4n) is 5.18. The molecule has 0 unspecified atom stereocenters. The van der Waals surface area contributed by atoms with Crippen LogP contribution in [0.4, 0.5) is 21.9 Å². The summed E-state index contributed by atoms with van der Waals surface area (Å²) >= 11 is 1.26. The van der Waals surface area contributed by atoms with Gasteiger partial charge in [-0.3, -0.25) is 14.5 Å². The number of aromatic nitrogens is 1. The minimum Gasteiger partial charge on any atom is -0.457 e. The van der Waals surface area contributed by atoms with Crippen LogP contribution in [0.25, 0.3) is 10.2 Å². The van der Waals surface area contributed by atoms with Gasteiger partial charge in [0.2, 0.25) is 5.91 Å². The van der Waals surface area contributed by atoms with Crippen LogP contribution in [0.5, 0.6) is 11.5 Å². The van der Waals surface area contributed by atoms with Crippen molar-refractivity contribution < 1.29 is 19.1 Å². The van der Waals surface area contributed by atoms with Crippen LogP contribution in [0.2, 0.25) is 0 Å². The molecule has 3 N–H and O–H groups in total. The summed E-state index contributed by atoms with van der Waals surface area (Å²) in [6.45, 7) is 3.49. The highest BCUT2D eigenvalue weighted by Crippen LogP contribution is 2.46. The minimum absolute atomic E-state index is 0.0124. The lowest BCUT2D eigenvalue weighted by Gasteiger charge is -2.30. The van der Waals surface area contributed by atoms with E-state index in [9.17, 15) is 14.4 Å². The highest BCUT2D eigenvalue weighted by molar-refractivity contribution is 7.21. The standard InChI is InChI=1S/C30H27N5O4S/c1-2-24(36)32-18-8-10-19(11-9-18)33-28(37)27-26-25-23(16-17-31-29(25)40-27)35(30(38)34-26)20-12-14-22(15-13-20)39-21-6-4-3-5-7-21/h2-7,12-19H,1,8-11H2,(H,32,36)(H,33,37)(H,34,38). The van der Waals surface area contributed by atoms with Crippen LogP contribution >= 0.6 is 11.3 Å². The number of nitrogens with one attached hydrogen (secondary N) is 3. The molecular formula is C30H27N5O4S. The number of nitrogens with zero attached hydrogens (tertiary/aromatic N) is 2. The Morgan fingerprint density at radius 3 is 2.35 bits per heavy atom. The molecule has 0 saturated heterocycles. The van der Waals surface area contributed by atoms with Crippen LogP contribution < -0.4 is 25.6 Å². The Morgan fingerprint density at radius 2 is 1.65 bits per heavy atom. The average molecular weight is 554 g/mol. The average Bonchev–Trinajstić information content (AvgIpc) is 3.35. The first-order chi connectivity index (χ1) is 19.5. The summed E-state index contributed by atoms with van der Waals surface area (Å²) in [6.07, 6.45) is 5.97. The predicted octanol–water partition coefficient (Wildman–Crippen LogP) is 6.12. The van der Waals surface area contributed by atoms with Crippen molar-refractivity contribution in [3.05, 3.63) is 84.4 Å². The zero-order chi connectivity index (χ0) is 27.6. The van der Waals surface area contributed by atoms with E-state index in [4.69, 9.17) is 4.74 Å². The second-order valence-corrected chi connectivity index (χ2v) is 10.7. The quantitative estimate of drug-likeness (QED) is 0.239. The van der Waals surface area contributed by atoms with Crippen molar-refractivity contribution in [2.45, 2.75) is 37.8 Å². The zero-order valence-electron chi connectivity index (χ0n) is 21.6. The molecule has 0 atom stereocenters. The third-order valence-corrected chi connectivity index (χ3v) is 8.22. The zero-order valence-corrected chi connectivity index (χ0v) is 22.4. The summed E-state index contributed by atoms with van der Waals surface area (Å²) in [6, 6.07) is 18.2. The molecule has 0 bridgehead atoms. The Kier molecular flexibility index (Phi) is 6.91. The molecule has 2 aromatic heterocycles. The minimum atomic E-state index is -0.359. The smallest absolute Gasteiger partial charge is 0.331 e. The predicted molar refractivity (Wildman–Crippen MR) is 156 cm³/mol. The Labute approximate surface area is 234 Å². The largest absolute Gasteiger partial charge is 0.457 e. The van der Waals surface area contributed by atoms with E-state index in [2.05, 4.69) is 27.5 Å². The van der Waals surface area contributed by atoms with E-state index in [1.165, 1.54) is 17.4 Å². The monoisotopic (exact) mass is 553 g/mol. The maximum atomic E-state index is 13.4. The van der Waals surface area contributed by atoms with Gasteiger partial charge in [0.15, 0.2) is 0 Å². The highest BCUT2D eigenvalue weighted by Gasteiger charge is 2.33. The SMILES string of the molecule is C=CC(=O)NC1CCC(NC(=O)c2sc3nccc4c3c2NC(=O)N4c2ccc(Oc3ccccc3)cc2)CC1. The van der Waals surface area contributed by atoms with E-state index < -0.39 is 0 Å². The van der Waals surface area contributed by atoms with Gasteiger partial charge < -0.3 is 20.7 Å². The van der Waals surface area contributed by atoms with E-state index in [1.54, 1.807) is 17.2 Å². The number of carbonyl (C=O) groups excluding carboxylic acids is 3. The third kappa shape index (κ3) is 5.01. The van der Waals surface area contributed by atoms with Crippen molar-refractivity contribution in [1.82, 2.24) is 15.6 Å². The normalized spacial score (nSPS) is 18.1. The number of benzene rings is 2. The van der Waals surface area contributed by atoms with Gasteiger partial charge in [0.1, 0.15) is 21.2 Å². The summed E-state index contributed by atoms with van der Waals surface area (Å²) in [5.74, 6) is 0.961. The first-order valence-electron chi connectivity index (χ1n) is 13.1. The Balaban J connectivity index is 1.21. The van der Waals surface area contributed by atoms with Crippen LogP contribution in [0.3, 0.4) is 0 Å². The number of anilines is 3. The van der Waals surface area contributed by atoms with E-state index in [-0.39, 0.29) is 29.9 Å². The number of ether oxygens (including phenoxy) is 1. The molecule has 10 heteroatoms. The lowest BCUT2D eigenvalue weighted by Crippen LogP contribution is -2.43. The summed E-state index contributed by atoms with van der Waals surface area (Å²) in [5.41, 5.74) is 1.81. The van der Waals surface area contributed by atoms with Gasteiger partial charge in [-0.25, -0.2) is 9.78 Å². The van der Waals surface area contributed by atoms with Gasteiger partial charge in [0.05, 0.1) is 22.4 Å². The molecule has 1 fully saturated rings. The molecule has 3 heterocycles. The van der Waals surface area contributed by atoms with Crippen LogP contribution in [0.1, 0.15) is 35.4 Å². The van der Waals surface area contributed by atoms with E-state index in [1.807, 2.05) is 54.6 Å². The first kappa shape index (κ1) is 25.6. The van der Waals surface area contributed by atoms with Gasteiger partial charge in [-0.1, -0.05) is 24.8 Å². The Bertz CT molecular complexity index is 1590. The molecule has 40 heavy (non-hydrogen) atoms. The van der Waals surface area contributed by atoms with Gasteiger partial charge in [0.25, 0.3) is 5.91 Å². The highest BCUT2D eigenvalue weighted by atomic mass is 32.1. The van der Waals surface area contributed by atoms with Crippen LogP contribution in [0.15, 0.2) is 79.5 Å². The molecule has 1 aliphatic heterocycles. The van der Waals surface area contributed by atoms with Crippen molar-refractivity contribution in [1.29, 1.82) is 0 Å². The second-order valence-electron chi connectivity index (χ2n) is 9.73. The lowest BCUT2D eigenvalue weighted by atomic mass is 9.91. The van der Waals surface area contributed by atoms with E-state index >= 15 is 0 Å². The van der Waals surface area contributed by atoms with E-state index in [0.29, 0.717) is 32.5 Å². The van der Waals surface area contributed by atoms with Crippen molar-refractivity contribution >= 4 is 56.5 Å². The molecule has 2 aromatic carbocycles. The molecule has 4 aromatic rings. The molecule has 0 radical (unpaired) electrons. The van der Waals surface area contributed by atoms with Crippen LogP contribution in [-0.4, -0.2) is 34.9 Å². The summed E-state index contributed by atoms with van der Waals surface area (Å²) in [7, 11) is 0. The Morgan fingerprint density at radius 1 is 0.975 bits per heavy atom. The lowest BCUT2D eigenvalue weighted by molar-refractivity contribution is -0.117. The van der Waals surface area contributed by atoms with Crippen LogP contribution in [0, 0.1) is 0 Å². The van der Waals surface area contributed by atoms with Gasteiger partial charge in [-0.05, 0) is 74.2 Å². The number of hydrogen-bond donors (Lipinski definition) is 3. The number of thiophene rings is 1. The number of amides is 4. The number of pyridine rings is 1. The second kappa shape index (κ2) is 10.8. The number of hydrogen-bond acceptors (Lipinski definition) is 6. The molecular weight excluding hydrogens is 526 g/mol. The number of carbonyl (C=O) groups is 3. The molecule has 1 aliphatic carbocycles. The number of urea groups is 1. The van der Waals surface area contributed by atoms with Gasteiger partial charge >= 0.3 is 6.03 Å².